The molecule has 19 nitrogen and oxygen atoms in total. The fraction of sp³-hybridized carbons (Fsp3) is 0.931. The second-order valence-corrected chi connectivity index (χ2v) is 26.8. The Morgan fingerprint density at radius 3 is 1.07 bits per heavy atom. The van der Waals surface area contributed by atoms with E-state index in [0.717, 1.165) is 64.2 Å². The van der Waals surface area contributed by atoms with Crippen molar-refractivity contribution in [3.63, 3.8) is 0 Å². The van der Waals surface area contributed by atoms with Crippen molar-refractivity contribution in [3.05, 3.63) is 24.3 Å². The van der Waals surface area contributed by atoms with Crippen molar-refractivity contribution < 1.29 is 89.4 Å². The minimum absolute atomic E-state index is 0.235. The van der Waals surface area contributed by atoms with Gasteiger partial charge in [-0.1, -0.05) is 269 Å². The van der Waals surface area contributed by atoms with Crippen LogP contribution >= 0.6 is 0 Å². The SMILES string of the molecule is CCCCCCCCC/C=C\CCCCCCCC(=O)NC(COC1OC(CO)C(OC2OC(CO)C(OC3OC(CO)C(O)C(O)C3O)C(O)C2O)C(O)C1O)C(O)/C=C/CCCCCCCCCCCCCCCCCCCCCCCCCCCCCC. The Hall–Kier alpha value is -1.73. The lowest BCUT2D eigenvalue weighted by Gasteiger charge is -2.48. The molecule has 19 heteroatoms. The Labute approximate surface area is 549 Å². The molecule has 12 N–H and O–H groups in total. The lowest BCUT2D eigenvalue weighted by Crippen LogP contribution is -2.66. The van der Waals surface area contributed by atoms with Crippen molar-refractivity contribution in [2.45, 2.75) is 401 Å². The third kappa shape index (κ3) is 35.9. The van der Waals surface area contributed by atoms with E-state index in [0.29, 0.717) is 6.42 Å². The van der Waals surface area contributed by atoms with Crippen molar-refractivity contribution in [3.8, 4) is 0 Å². The molecule has 3 heterocycles. The van der Waals surface area contributed by atoms with Crippen LogP contribution in [0.3, 0.4) is 0 Å². The average Bonchev–Trinajstić information content (AvgIpc) is 0.851. The molecule has 0 aliphatic carbocycles. The zero-order chi connectivity index (χ0) is 66.1. The third-order valence-electron chi connectivity index (χ3n) is 18.7. The van der Waals surface area contributed by atoms with Crippen molar-refractivity contribution in [2.24, 2.45) is 0 Å². The molecule has 0 bridgehead atoms. The molecule has 17 unspecified atom stereocenters. The topological polar surface area (TPSA) is 307 Å². The Bertz CT molecular complexity index is 1750. The molecule has 3 aliphatic heterocycles. The summed E-state index contributed by atoms with van der Waals surface area (Å²) in [6.07, 6.45) is 36.0. The van der Waals surface area contributed by atoms with Crippen LogP contribution in [0.5, 0.6) is 0 Å². The van der Waals surface area contributed by atoms with Crippen LogP contribution in [0.15, 0.2) is 24.3 Å². The summed E-state index contributed by atoms with van der Waals surface area (Å²) in [4.78, 5) is 13.4. The van der Waals surface area contributed by atoms with Crippen molar-refractivity contribution >= 4 is 5.91 Å². The van der Waals surface area contributed by atoms with E-state index in [9.17, 15) is 61.0 Å². The molecule has 0 aromatic carbocycles. The summed E-state index contributed by atoms with van der Waals surface area (Å²) in [6.45, 7) is 1.76. The molecular weight excluding hydrogens is 1170 g/mol. The Balaban J connectivity index is 1.39. The van der Waals surface area contributed by atoms with E-state index in [1.165, 1.54) is 205 Å². The summed E-state index contributed by atoms with van der Waals surface area (Å²) in [7, 11) is 0. The van der Waals surface area contributed by atoms with Gasteiger partial charge in [-0.25, -0.2) is 0 Å². The standard InChI is InChI=1S/C72H135NO18/c1-3-5-7-9-11-13-15-17-19-21-22-23-24-25-26-27-28-29-30-31-32-33-34-35-37-39-41-43-45-47-49-56(77)55(73-60(78)50-48-46-44-42-40-38-36-20-18-16-14-12-10-8-6-4-2)54-86-70-66(84)63(81)68(58(52-75)88-70)91-72-67(85)64(82)69(59(53-76)89-72)90-71-65(83)62(80)61(79)57(51-74)87-71/h20,36,47,49,55-59,61-72,74-77,79-85H,3-19,21-35,37-46,48,50-54H2,1-2H3,(H,73,78)/b36-20-,49-47+. The van der Waals surface area contributed by atoms with Crippen LogP contribution in [-0.4, -0.2) is 193 Å². The van der Waals surface area contributed by atoms with Gasteiger partial charge in [0, 0.05) is 6.42 Å². The van der Waals surface area contributed by atoms with Crippen LogP contribution in [0.4, 0.5) is 0 Å². The van der Waals surface area contributed by atoms with Gasteiger partial charge in [-0.15, -0.1) is 0 Å². The van der Waals surface area contributed by atoms with Gasteiger partial charge in [-0.2, -0.15) is 0 Å². The van der Waals surface area contributed by atoms with E-state index in [-0.39, 0.29) is 18.9 Å². The molecule has 0 saturated carbocycles. The van der Waals surface area contributed by atoms with Gasteiger partial charge < -0.3 is 89.9 Å². The molecule has 17 atom stereocenters. The predicted octanol–water partition coefficient (Wildman–Crippen LogP) is 10.6. The Morgan fingerprint density at radius 2 is 0.692 bits per heavy atom. The van der Waals surface area contributed by atoms with Gasteiger partial charge in [0.2, 0.25) is 5.91 Å². The number of rotatable bonds is 58. The Morgan fingerprint density at radius 1 is 0.385 bits per heavy atom. The van der Waals surface area contributed by atoms with Gasteiger partial charge in [-0.3, -0.25) is 4.79 Å². The number of unbranched alkanes of at least 4 members (excludes halogenated alkanes) is 40. The number of carbonyl (C=O) groups is 1. The second kappa shape index (κ2) is 54.3. The summed E-state index contributed by atoms with van der Waals surface area (Å²) in [5.41, 5.74) is 0. The van der Waals surface area contributed by atoms with Crippen LogP contribution in [0.1, 0.15) is 296 Å². The molecule has 536 valence electrons. The van der Waals surface area contributed by atoms with Gasteiger partial charge in [0.25, 0.3) is 0 Å². The number of amides is 1. The minimum atomic E-state index is -1.98. The number of allylic oxidation sites excluding steroid dienone is 3. The summed E-state index contributed by atoms with van der Waals surface area (Å²) in [6, 6.07) is -0.976. The maximum absolute atomic E-state index is 13.4. The monoisotopic (exact) mass is 1300 g/mol. The molecule has 3 fully saturated rings. The first-order valence-corrected chi connectivity index (χ1v) is 37.1. The summed E-state index contributed by atoms with van der Waals surface area (Å²) in [5.74, 6) is -0.280. The first-order chi connectivity index (χ1) is 44.3. The van der Waals surface area contributed by atoms with Crippen LogP contribution in [-0.2, 0) is 33.2 Å². The molecule has 0 spiro atoms. The number of hydrogen-bond donors (Lipinski definition) is 12. The van der Waals surface area contributed by atoms with Gasteiger partial charge in [0.1, 0.15) is 73.2 Å². The molecule has 1 amide bonds. The number of aliphatic hydroxyl groups is 11. The highest BCUT2D eigenvalue weighted by molar-refractivity contribution is 5.76. The second-order valence-electron chi connectivity index (χ2n) is 26.8. The van der Waals surface area contributed by atoms with Crippen LogP contribution in [0, 0.1) is 0 Å². The minimum Gasteiger partial charge on any atom is -0.394 e. The van der Waals surface area contributed by atoms with E-state index in [1.54, 1.807) is 6.08 Å². The Kier molecular flexibility index (Phi) is 49.8. The highest BCUT2D eigenvalue weighted by Crippen LogP contribution is 2.33. The van der Waals surface area contributed by atoms with Gasteiger partial charge in [0.15, 0.2) is 18.9 Å². The van der Waals surface area contributed by atoms with E-state index in [4.69, 9.17) is 28.4 Å². The van der Waals surface area contributed by atoms with Gasteiger partial charge in [-0.05, 0) is 44.9 Å². The molecular formula is C72H135NO18. The molecule has 0 aromatic heterocycles. The molecule has 3 rings (SSSR count). The van der Waals surface area contributed by atoms with Crippen molar-refractivity contribution in [2.75, 3.05) is 26.4 Å². The van der Waals surface area contributed by atoms with E-state index >= 15 is 0 Å². The molecule has 3 saturated heterocycles. The number of aliphatic hydroxyl groups excluding tert-OH is 11. The lowest BCUT2D eigenvalue weighted by atomic mass is 9.96. The fourth-order valence-corrected chi connectivity index (χ4v) is 12.7. The van der Waals surface area contributed by atoms with E-state index in [2.05, 4.69) is 31.3 Å². The zero-order valence-corrected chi connectivity index (χ0v) is 56.8. The number of hydrogen-bond acceptors (Lipinski definition) is 18. The first kappa shape index (κ1) is 83.5. The number of carbonyl (C=O) groups excluding carboxylic acids is 1. The van der Waals surface area contributed by atoms with Gasteiger partial charge in [0.05, 0.1) is 38.6 Å². The van der Waals surface area contributed by atoms with Crippen molar-refractivity contribution in [1.29, 1.82) is 0 Å². The molecule has 0 aromatic rings. The van der Waals surface area contributed by atoms with E-state index < -0.39 is 124 Å². The van der Waals surface area contributed by atoms with Crippen molar-refractivity contribution in [1.82, 2.24) is 5.32 Å². The van der Waals surface area contributed by atoms with Crippen LogP contribution in [0.25, 0.3) is 0 Å². The summed E-state index contributed by atoms with van der Waals surface area (Å²) in [5, 5.41) is 121. The smallest absolute Gasteiger partial charge is 0.220 e. The average molecular weight is 1300 g/mol. The van der Waals surface area contributed by atoms with E-state index in [1.807, 2.05) is 6.08 Å². The van der Waals surface area contributed by atoms with Crippen LogP contribution in [0.2, 0.25) is 0 Å². The highest BCUT2D eigenvalue weighted by atomic mass is 16.8. The zero-order valence-electron chi connectivity index (χ0n) is 56.8. The first-order valence-electron chi connectivity index (χ1n) is 37.1. The third-order valence-corrected chi connectivity index (χ3v) is 18.7. The maximum atomic E-state index is 13.4. The normalized spacial score (nSPS) is 27.9. The van der Waals surface area contributed by atoms with Gasteiger partial charge >= 0.3 is 0 Å². The van der Waals surface area contributed by atoms with Crippen LogP contribution < -0.4 is 5.32 Å². The quantitative estimate of drug-likeness (QED) is 0.0199. The summed E-state index contributed by atoms with van der Waals surface area (Å²) < 4.78 is 34.4. The fourth-order valence-electron chi connectivity index (χ4n) is 12.7. The lowest BCUT2D eigenvalue weighted by molar-refractivity contribution is -0.379. The predicted molar refractivity (Wildman–Crippen MR) is 356 cm³/mol. The maximum Gasteiger partial charge on any atom is 0.220 e. The molecule has 3 aliphatic rings. The molecule has 91 heavy (non-hydrogen) atoms. The number of ether oxygens (including phenoxy) is 6. The largest absolute Gasteiger partial charge is 0.394 e. The molecule has 0 radical (unpaired) electrons. The highest BCUT2D eigenvalue weighted by Gasteiger charge is 2.53. The number of nitrogens with one attached hydrogen (secondary N) is 1. The summed E-state index contributed by atoms with van der Waals surface area (Å²) >= 11 is 0.